The van der Waals surface area contributed by atoms with Crippen LogP contribution in [0.5, 0.6) is 0 Å². The highest BCUT2D eigenvalue weighted by molar-refractivity contribution is 5.91. The molecule has 0 saturated carbocycles. The smallest absolute Gasteiger partial charge is 0.414 e. The number of H-pyrrole nitrogens is 1. The third-order valence-electron chi connectivity index (χ3n) is 4.13. The van der Waals surface area contributed by atoms with E-state index >= 15 is 0 Å². The maximum atomic E-state index is 11.9. The van der Waals surface area contributed by atoms with Crippen molar-refractivity contribution in [2.45, 2.75) is 13.8 Å². The molecule has 9 heteroatoms. The highest BCUT2D eigenvalue weighted by Crippen LogP contribution is 2.28. The van der Waals surface area contributed by atoms with Crippen molar-refractivity contribution in [2.75, 3.05) is 28.7 Å². The quantitative estimate of drug-likeness (QED) is 0.637. The Bertz CT molecular complexity index is 985. The second-order valence-corrected chi connectivity index (χ2v) is 6.24. The Morgan fingerprint density at radius 1 is 1.11 bits per heavy atom. The van der Waals surface area contributed by atoms with Crippen LogP contribution in [0.25, 0.3) is 0 Å². The lowest BCUT2D eigenvalue weighted by Crippen LogP contribution is -2.24. The van der Waals surface area contributed by atoms with Gasteiger partial charge in [0.25, 0.3) is 0 Å². The Balaban J connectivity index is 1.54. The number of benzene rings is 1. The van der Waals surface area contributed by atoms with Gasteiger partial charge in [0.05, 0.1) is 24.6 Å². The topological polar surface area (TPSA) is 108 Å². The standard InChI is InChI=1S/C18H19N7O2/c1-11-3-4-13(8-14(11)25-5-6-27-18(25)26)20-16-9-19-10-17(22-16)21-15-7-12(2)23-24-15/h3-4,7-10H,5-6H2,1-2H3,(H3,20,21,22,23,24). The summed E-state index contributed by atoms with van der Waals surface area (Å²) in [7, 11) is 0. The summed E-state index contributed by atoms with van der Waals surface area (Å²) in [6, 6.07) is 7.66. The van der Waals surface area contributed by atoms with Crippen molar-refractivity contribution in [1.82, 2.24) is 20.2 Å². The van der Waals surface area contributed by atoms with Crippen LogP contribution in [-0.4, -0.2) is 39.4 Å². The Morgan fingerprint density at radius 3 is 2.63 bits per heavy atom. The first-order valence-electron chi connectivity index (χ1n) is 8.51. The van der Waals surface area contributed by atoms with E-state index in [1.165, 1.54) is 0 Å². The molecule has 0 unspecified atom stereocenters. The lowest BCUT2D eigenvalue weighted by atomic mass is 10.1. The van der Waals surface area contributed by atoms with Gasteiger partial charge in [-0.15, -0.1) is 0 Å². The van der Waals surface area contributed by atoms with E-state index < -0.39 is 0 Å². The number of aromatic amines is 1. The Kier molecular flexibility index (Phi) is 4.33. The lowest BCUT2D eigenvalue weighted by molar-refractivity contribution is 0.181. The number of amides is 1. The summed E-state index contributed by atoms with van der Waals surface area (Å²) in [6.07, 6.45) is 2.93. The van der Waals surface area contributed by atoms with Crippen LogP contribution in [0.1, 0.15) is 11.3 Å². The first-order valence-corrected chi connectivity index (χ1v) is 8.51. The molecule has 4 rings (SSSR count). The largest absolute Gasteiger partial charge is 0.447 e. The van der Waals surface area contributed by atoms with Gasteiger partial charge < -0.3 is 15.4 Å². The van der Waals surface area contributed by atoms with Gasteiger partial charge in [-0.3, -0.25) is 15.0 Å². The number of cyclic esters (lactones) is 1. The second-order valence-electron chi connectivity index (χ2n) is 6.24. The van der Waals surface area contributed by atoms with Gasteiger partial charge in [0.2, 0.25) is 0 Å². The van der Waals surface area contributed by atoms with Crippen molar-refractivity contribution in [2.24, 2.45) is 0 Å². The number of carbonyl (C=O) groups excluding carboxylic acids is 1. The van der Waals surface area contributed by atoms with Crippen molar-refractivity contribution in [3.63, 3.8) is 0 Å². The number of hydrogen-bond acceptors (Lipinski definition) is 7. The monoisotopic (exact) mass is 365 g/mol. The van der Waals surface area contributed by atoms with Gasteiger partial charge in [0, 0.05) is 17.4 Å². The summed E-state index contributed by atoms with van der Waals surface area (Å²) in [5.74, 6) is 1.82. The number of aryl methyl sites for hydroxylation is 2. The highest BCUT2D eigenvalue weighted by Gasteiger charge is 2.25. The highest BCUT2D eigenvalue weighted by atomic mass is 16.6. The molecular weight excluding hydrogens is 346 g/mol. The van der Waals surface area contributed by atoms with Crippen LogP contribution < -0.4 is 15.5 Å². The van der Waals surface area contributed by atoms with Crippen molar-refractivity contribution < 1.29 is 9.53 Å². The summed E-state index contributed by atoms with van der Waals surface area (Å²) in [5.41, 5.74) is 3.57. The Morgan fingerprint density at radius 2 is 1.93 bits per heavy atom. The molecule has 0 atom stereocenters. The van der Waals surface area contributed by atoms with Crippen LogP contribution >= 0.6 is 0 Å². The van der Waals surface area contributed by atoms with Crippen molar-refractivity contribution >= 4 is 34.9 Å². The minimum Gasteiger partial charge on any atom is -0.447 e. The van der Waals surface area contributed by atoms with Gasteiger partial charge in [0.15, 0.2) is 17.5 Å². The number of hydrogen-bond donors (Lipinski definition) is 3. The van der Waals surface area contributed by atoms with E-state index in [9.17, 15) is 4.79 Å². The molecule has 27 heavy (non-hydrogen) atoms. The predicted octanol–water partition coefficient (Wildman–Crippen LogP) is 3.26. The summed E-state index contributed by atoms with van der Waals surface area (Å²) < 4.78 is 5.03. The molecule has 3 aromatic rings. The maximum Gasteiger partial charge on any atom is 0.414 e. The fourth-order valence-corrected chi connectivity index (χ4v) is 2.84. The van der Waals surface area contributed by atoms with Gasteiger partial charge in [-0.05, 0) is 31.5 Å². The molecule has 9 nitrogen and oxygen atoms in total. The van der Waals surface area contributed by atoms with Crippen molar-refractivity contribution in [1.29, 1.82) is 0 Å². The molecule has 138 valence electrons. The molecule has 0 spiro atoms. The van der Waals surface area contributed by atoms with Gasteiger partial charge >= 0.3 is 6.09 Å². The zero-order valence-electron chi connectivity index (χ0n) is 15.0. The van der Waals surface area contributed by atoms with Gasteiger partial charge in [-0.1, -0.05) is 6.07 Å². The normalized spacial score (nSPS) is 13.6. The number of ether oxygens (including phenoxy) is 1. The SMILES string of the molecule is Cc1cc(Nc2cncc(Nc3ccc(C)c(N4CCOC4=O)c3)n2)n[nH]1. The second kappa shape index (κ2) is 6.94. The van der Waals surface area contributed by atoms with Crippen LogP contribution in [-0.2, 0) is 4.74 Å². The zero-order valence-corrected chi connectivity index (χ0v) is 15.0. The van der Waals surface area contributed by atoms with Crippen molar-refractivity contribution in [3.8, 4) is 0 Å². The molecule has 1 aliphatic rings. The van der Waals surface area contributed by atoms with E-state index in [0.717, 1.165) is 22.6 Å². The average Bonchev–Trinajstić information content (AvgIpc) is 3.25. The van der Waals surface area contributed by atoms with Gasteiger partial charge in [0.1, 0.15) is 6.61 Å². The Hall–Kier alpha value is -3.62. The molecule has 0 bridgehead atoms. The summed E-state index contributed by atoms with van der Waals surface area (Å²) in [4.78, 5) is 22.2. The van der Waals surface area contributed by atoms with Crippen molar-refractivity contribution in [3.05, 3.63) is 47.9 Å². The molecular formula is C18H19N7O2. The average molecular weight is 365 g/mol. The number of nitrogens with one attached hydrogen (secondary N) is 3. The van der Waals surface area contributed by atoms with Crippen LogP contribution in [0.4, 0.5) is 33.6 Å². The molecule has 1 saturated heterocycles. The van der Waals surface area contributed by atoms with Gasteiger partial charge in [-0.25, -0.2) is 9.78 Å². The van der Waals surface area contributed by atoms with E-state index in [1.54, 1.807) is 17.3 Å². The molecule has 1 amide bonds. The van der Waals surface area contributed by atoms with Crippen LogP contribution in [0, 0.1) is 13.8 Å². The third kappa shape index (κ3) is 3.66. The molecule has 0 aliphatic carbocycles. The summed E-state index contributed by atoms with van der Waals surface area (Å²) >= 11 is 0. The molecule has 0 radical (unpaired) electrons. The minimum atomic E-state index is -0.324. The molecule has 1 fully saturated rings. The van der Waals surface area contributed by atoms with E-state index in [1.807, 2.05) is 38.1 Å². The van der Waals surface area contributed by atoms with E-state index in [-0.39, 0.29) is 6.09 Å². The summed E-state index contributed by atoms with van der Waals surface area (Å²) in [6.45, 7) is 4.83. The van der Waals surface area contributed by atoms with Crippen LogP contribution in [0.3, 0.4) is 0 Å². The molecule has 1 aliphatic heterocycles. The lowest BCUT2D eigenvalue weighted by Gasteiger charge is -2.17. The molecule has 3 heterocycles. The fourth-order valence-electron chi connectivity index (χ4n) is 2.84. The first kappa shape index (κ1) is 16.8. The third-order valence-corrected chi connectivity index (χ3v) is 4.13. The predicted molar refractivity (Wildman–Crippen MR) is 102 cm³/mol. The minimum absolute atomic E-state index is 0.324. The molecule has 1 aromatic carbocycles. The van der Waals surface area contributed by atoms with Crippen LogP contribution in [0.15, 0.2) is 36.7 Å². The number of nitrogens with zero attached hydrogens (tertiary/aromatic N) is 4. The number of aromatic nitrogens is 4. The zero-order chi connectivity index (χ0) is 18.8. The van der Waals surface area contributed by atoms with E-state index in [0.29, 0.717) is 30.6 Å². The van der Waals surface area contributed by atoms with Crippen LogP contribution in [0.2, 0.25) is 0 Å². The van der Waals surface area contributed by atoms with E-state index in [2.05, 4.69) is 30.8 Å². The molecule has 2 aromatic heterocycles. The maximum absolute atomic E-state index is 11.9. The number of rotatable bonds is 5. The fraction of sp³-hybridized carbons (Fsp3) is 0.222. The number of carbonyl (C=O) groups is 1. The van der Waals surface area contributed by atoms with E-state index in [4.69, 9.17) is 4.74 Å². The van der Waals surface area contributed by atoms with Gasteiger partial charge in [-0.2, -0.15) is 5.10 Å². The number of anilines is 5. The molecule has 3 N–H and O–H groups in total. The first-order chi connectivity index (χ1) is 13.1. The summed E-state index contributed by atoms with van der Waals surface area (Å²) in [5, 5.41) is 13.3. The Labute approximate surface area is 155 Å².